The van der Waals surface area contributed by atoms with Gasteiger partial charge in [-0.3, -0.25) is 9.89 Å². The Hall–Kier alpha value is -1.21. The van der Waals surface area contributed by atoms with Gasteiger partial charge in [0.2, 0.25) is 5.82 Å². The second-order valence-electron chi connectivity index (χ2n) is 4.38. The average Bonchev–Trinajstić information content (AvgIpc) is 3.05. The Morgan fingerprint density at radius 3 is 2.85 bits per heavy atom. The molecule has 2 heterocycles. The van der Waals surface area contributed by atoms with Gasteiger partial charge < -0.3 is 4.90 Å². The SMILES string of the molecule is CCCc1nc(C(=O)N(CC)Cc2ccc(Br)s2)n[nH]1. The van der Waals surface area contributed by atoms with Crippen molar-refractivity contribution in [3.05, 3.63) is 32.4 Å². The molecule has 0 bridgehead atoms. The number of aromatic amines is 1. The molecule has 0 atom stereocenters. The van der Waals surface area contributed by atoms with Crippen LogP contribution >= 0.6 is 27.3 Å². The summed E-state index contributed by atoms with van der Waals surface area (Å²) in [5.74, 6) is 0.896. The number of nitrogens with one attached hydrogen (secondary N) is 1. The van der Waals surface area contributed by atoms with Crippen LogP contribution in [0.3, 0.4) is 0 Å². The van der Waals surface area contributed by atoms with Crippen LogP contribution in [0.15, 0.2) is 15.9 Å². The van der Waals surface area contributed by atoms with Crippen molar-refractivity contribution in [1.82, 2.24) is 20.1 Å². The number of carbonyl (C=O) groups excluding carboxylic acids is 1. The zero-order chi connectivity index (χ0) is 14.5. The fourth-order valence-corrected chi connectivity index (χ4v) is 3.33. The zero-order valence-electron chi connectivity index (χ0n) is 11.5. The minimum absolute atomic E-state index is 0.129. The maximum Gasteiger partial charge on any atom is 0.293 e. The van der Waals surface area contributed by atoms with Gasteiger partial charge in [-0.25, -0.2) is 4.98 Å². The number of hydrogen-bond acceptors (Lipinski definition) is 4. The second kappa shape index (κ2) is 6.99. The highest BCUT2D eigenvalue weighted by molar-refractivity contribution is 9.11. The van der Waals surface area contributed by atoms with E-state index in [-0.39, 0.29) is 11.7 Å². The van der Waals surface area contributed by atoms with Crippen LogP contribution in [-0.4, -0.2) is 32.5 Å². The summed E-state index contributed by atoms with van der Waals surface area (Å²) in [6.07, 6.45) is 1.79. The molecule has 7 heteroatoms. The number of aromatic nitrogens is 3. The van der Waals surface area contributed by atoms with Crippen molar-refractivity contribution in [2.24, 2.45) is 0 Å². The second-order valence-corrected chi connectivity index (χ2v) is 6.93. The van der Waals surface area contributed by atoms with E-state index in [2.05, 4.69) is 38.0 Å². The number of amides is 1. The molecule has 0 spiro atoms. The molecule has 0 aromatic carbocycles. The normalized spacial score (nSPS) is 10.8. The van der Waals surface area contributed by atoms with Crippen molar-refractivity contribution in [3.63, 3.8) is 0 Å². The van der Waals surface area contributed by atoms with E-state index < -0.39 is 0 Å². The van der Waals surface area contributed by atoms with Gasteiger partial charge in [-0.05, 0) is 41.4 Å². The lowest BCUT2D eigenvalue weighted by Crippen LogP contribution is -2.30. The number of nitrogens with zero attached hydrogens (tertiary/aromatic N) is 3. The van der Waals surface area contributed by atoms with Gasteiger partial charge in [0.05, 0.1) is 10.3 Å². The molecule has 0 saturated heterocycles. The highest BCUT2D eigenvalue weighted by Crippen LogP contribution is 2.23. The van der Waals surface area contributed by atoms with Gasteiger partial charge in [0.1, 0.15) is 5.82 Å². The van der Waals surface area contributed by atoms with Crippen LogP contribution in [0.2, 0.25) is 0 Å². The van der Waals surface area contributed by atoms with E-state index in [1.54, 1.807) is 16.2 Å². The number of carbonyl (C=O) groups is 1. The lowest BCUT2D eigenvalue weighted by molar-refractivity contribution is 0.0742. The molecule has 2 aromatic rings. The van der Waals surface area contributed by atoms with Crippen LogP contribution in [0.1, 0.15) is 41.6 Å². The number of rotatable bonds is 6. The predicted molar refractivity (Wildman–Crippen MR) is 82.8 cm³/mol. The minimum atomic E-state index is -0.129. The van der Waals surface area contributed by atoms with Crippen LogP contribution in [0.4, 0.5) is 0 Å². The first kappa shape index (κ1) is 15.2. The van der Waals surface area contributed by atoms with Crippen LogP contribution in [0.5, 0.6) is 0 Å². The molecule has 20 heavy (non-hydrogen) atoms. The molecule has 0 aliphatic carbocycles. The molecule has 0 fully saturated rings. The Bertz CT molecular complexity index is 580. The fourth-order valence-electron chi connectivity index (χ4n) is 1.83. The highest BCUT2D eigenvalue weighted by Gasteiger charge is 2.19. The first-order valence-electron chi connectivity index (χ1n) is 6.58. The third-order valence-corrected chi connectivity index (χ3v) is 4.46. The van der Waals surface area contributed by atoms with Gasteiger partial charge in [0.25, 0.3) is 5.91 Å². The van der Waals surface area contributed by atoms with Gasteiger partial charge in [-0.15, -0.1) is 16.4 Å². The molecular weight excluding hydrogens is 340 g/mol. The van der Waals surface area contributed by atoms with E-state index in [0.717, 1.165) is 27.3 Å². The average molecular weight is 357 g/mol. The zero-order valence-corrected chi connectivity index (χ0v) is 13.9. The summed E-state index contributed by atoms with van der Waals surface area (Å²) in [6, 6.07) is 4.01. The molecule has 2 rings (SSSR count). The monoisotopic (exact) mass is 356 g/mol. The quantitative estimate of drug-likeness (QED) is 0.863. The van der Waals surface area contributed by atoms with Gasteiger partial charge in [0.15, 0.2) is 0 Å². The first-order chi connectivity index (χ1) is 9.63. The maximum absolute atomic E-state index is 12.4. The summed E-state index contributed by atoms with van der Waals surface area (Å²) >= 11 is 5.06. The number of halogens is 1. The molecule has 2 aromatic heterocycles. The molecule has 0 saturated carbocycles. The van der Waals surface area contributed by atoms with E-state index in [1.165, 1.54) is 0 Å². The van der Waals surface area contributed by atoms with Gasteiger partial charge >= 0.3 is 0 Å². The standard InChI is InChI=1S/C13H17BrN4OS/c1-3-5-11-15-12(17-16-11)13(19)18(4-2)8-9-6-7-10(14)20-9/h6-7H,3-5,8H2,1-2H3,(H,15,16,17). The van der Waals surface area contributed by atoms with E-state index >= 15 is 0 Å². The molecular formula is C13H17BrN4OS. The van der Waals surface area contributed by atoms with Gasteiger partial charge in [-0.1, -0.05) is 6.92 Å². The molecule has 0 aliphatic heterocycles. The maximum atomic E-state index is 12.4. The molecule has 1 N–H and O–H groups in total. The van der Waals surface area contributed by atoms with Crippen LogP contribution < -0.4 is 0 Å². The third kappa shape index (κ3) is 3.67. The van der Waals surface area contributed by atoms with Crippen molar-refractivity contribution >= 4 is 33.2 Å². The summed E-state index contributed by atoms with van der Waals surface area (Å²) in [5.41, 5.74) is 0. The van der Waals surface area contributed by atoms with E-state index in [9.17, 15) is 4.79 Å². The number of aryl methyl sites for hydroxylation is 1. The molecule has 108 valence electrons. The lowest BCUT2D eigenvalue weighted by atomic mass is 10.3. The molecule has 1 amide bonds. The molecule has 0 radical (unpaired) electrons. The van der Waals surface area contributed by atoms with Gasteiger partial charge in [0, 0.05) is 17.8 Å². The smallest absolute Gasteiger partial charge is 0.293 e. The first-order valence-corrected chi connectivity index (χ1v) is 8.19. The Kier molecular flexibility index (Phi) is 5.31. The van der Waals surface area contributed by atoms with Crippen LogP contribution in [0, 0.1) is 0 Å². The van der Waals surface area contributed by atoms with Crippen molar-refractivity contribution in [3.8, 4) is 0 Å². The Morgan fingerprint density at radius 1 is 1.45 bits per heavy atom. The molecule has 5 nitrogen and oxygen atoms in total. The topological polar surface area (TPSA) is 61.9 Å². The number of thiophene rings is 1. The van der Waals surface area contributed by atoms with Crippen molar-refractivity contribution < 1.29 is 4.79 Å². The van der Waals surface area contributed by atoms with Crippen molar-refractivity contribution in [1.29, 1.82) is 0 Å². The number of hydrogen-bond donors (Lipinski definition) is 1. The predicted octanol–water partition coefficient (Wildman–Crippen LogP) is 3.24. The van der Waals surface area contributed by atoms with Crippen LogP contribution in [0.25, 0.3) is 0 Å². The van der Waals surface area contributed by atoms with Gasteiger partial charge in [-0.2, -0.15) is 0 Å². The third-order valence-electron chi connectivity index (χ3n) is 2.85. The Morgan fingerprint density at radius 2 is 2.25 bits per heavy atom. The van der Waals surface area contributed by atoms with Crippen LogP contribution in [-0.2, 0) is 13.0 Å². The summed E-state index contributed by atoms with van der Waals surface area (Å²) in [4.78, 5) is 19.5. The summed E-state index contributed by atoms with van der Waals surface area (Å²) in [5, 5.41) is 6.84. The lowest BCUT2D eigenvalue weighted by Gasteiger charge is -2.18. The van der Waals surface area contributed by atoms with Crippen molar-refractivity contribution in [2.75, 3.05) is 6.54 Å². The molecule has 0 unspecified atom stereocenters. The van der Waals surface area contributed by atoms with E-state index in [0.29, 0.717) is 13.1 Å². The minimum Gasteiger partial charge on any atom is -0.331 e. The largest absolute Gasteiger partial charge is 0.331 e. The van der Waals surface area contributed by atoms with E-state index in [4.69, 9.17) is 0 Å². The Balaban J connectivity index is 2.07. The number of H-pyrrole nitrogens is 1. The van der Waals surface area contributed by atoms with E-state index in [1.807, 2.05) is 19.1 Å². The summed E-state index contributed by atoms with van der Waals surface area (Å²) in [6.45, 7) is 5.24. The summed E-state index contributed by atoms with van der Waals surface area (Å²) in [7, 11) is 0. The summed E-state index contributed by atoms with van der Waals surface area (Å²) < 4.78 is 1.07. The Labute approximate surface area is 130 Å². The molecule has 0 aliphatic rings. The fraction of sp³-hybridized carbons (Fsp3) is 0.462. The highest BCUT2D eigenvalue weighted by atomic mass is 79.9. The van der Waals surface area contributed by atoms with Crippen molar-refractivity contribution in [2.45, 2.75) is 33.2 Å².